The van der Waals surface area contributed by atoms with Crippen LogP contribution in [-0.2, 0) is 16.6 Å². The van der Waals surface area contributed by atoms with E-state index < -0.39 is 0 Å². The van der Waals surface area contributed by atoms with Crippen molar-refractivity contribution in [3.8, 4) is 0 Å². The van der Waals surface area contributed by atoms with E-state index in [4.69, 9.17) is 4.52 Å². The minimum absolute atomic E-state index is 0.0273. The summed E-state index contributed by atoms with van der Waals surface area (Å²) >= 11 is 1.73. The van der Waals surface area contributed by atoms with Crippen LogP contribution in [0.2, 0.25) is 0 Å². The average molecular weight is 319 g/mol. The van der Waals surface area contributed by atoms with E-state index in [1.807, 2.05) is 11.0 Å². The third-order valence-corrected chi connectivity index (χ3v) is 4.82. The summed E-state index contributed by atoms with van der Waals surface area (Å²) in [4.78, 5) is 19.9. The summed E-state index contributed by atoms with van der Waals surface area (Å²) in [6, 6.07) is 4.15. The molecule has 22 heavy (non-hydrogen) atoms. The van der Waals surface area contributed by atoms with Gasteiger partial charge in [-0.2, -0.15) is 4.98 Å². The first-order valence-electron chi connectivity index (χ1n) is 7.58. The zero-order valence-corrected chi connectivity index (χ0v) is 14.0. The molecular formula is C16H21N3O2S. The molecule has 3 rings (SSSR count). The van der Waals surface area contributed by atoms with Crippen LogP contribution in [0.4, 0.5) is 0 Å². The molecule has 2 aromatic rings. The third-order valence-electron chi connectivity index (χ3n) is 3.88. The molecule has 6 heteroatoms. The Hall–Kier alpha value is -1.69. The molecule has 1 aliphatic rings. The molecule has 0 saturated carbocycles. The van der Waals surface area contributed by atoms with Gasteiger partial charge in [-0.25, -0.2) is 0 Å². The standard InChI is InChI=1S/C16H21N3O2S/c1-16(2,3)15-17-14(21-18-15)11-9-13(20)19(10-11)7-6-12-5-4-8-22-12/h4-5,8,11H,6-7,9-10H2,1-3H3/t11-/m0/s1. The van der Waals surface area contributed by atoms with E-state index in [0.717, 1.165) is 13.0 Å². The number of hydrogen-bond acceptors (Lipinski definition) is 5. The quantitative estimate of drug-likeness (QED) is 0.869. The third kappa shape index (κ3) is 3.21. The van der Waals surface area contributed by atoms with Gasteiger partial charge in [-0.05, 0) is 17.9 Å². The molecule has 2 aromatic heterocycles. The smallest absolute Gasteiger partial charge is 0.232 e. The molecule has 1 fully saturated rings. The first-order valence-corrected chi connectivity index (χ1v) is 8.45. The molecule has 0 unspecified atom stereocenters. The summed E-state index contributed by atoms with van der Waals surface area (Å²) < 4.78 is 5.38. The first-order chi connectivity index (χ1) is 10.4. The number of aromatic nitrogens is 2. The number of hydrogen-bond donors (Lipinski definition) is 0. The molecule has 0 N–H and O–H groups in total. The van der Waals surface area contributed by atoms with Crippen LogP contribution in [0, 0.1) is 0 Å². The van der Waals surface area contributed by atoms with Crippen LogP contribution in [-0.4, -0.2) is 34.0 Å². The lowest BCUT2D eigenvalue weighted by Gasteiger charge is -2.15. The second-order valence-electron chi connectivity index (χ2n) is 6.78. The van der Waals surface area contributed by atoms with Gasteiger partial charge < -0.3 is 9.42 Å². The average Bonchev–Trinajstić information content (AvgIpc) is 3.16. The monoisotopic (exact) mass is 319 g/mol. The highest BCUT2D eigenvalue weighted by Gasteiger charge is 2.35. The summed E-state index contributed by atoms with van der Waals surface area (Å²) in [5.41, 5.74) is -0.136. The van der Waals surface area contributed by atoms with E-state index in [-0.39, 0.29) is 17.2 Å². The molecule has 1 atom stereocenters. The molecule has 0 aromatic carbocycles. The second-order valence-corrected chi connectivity index (χ2v) is 7.81. The fourth-order valence-electron chi connectivity index (χ4n) is 2.56. The van der Waals surface area contributed by atoms with E-state index in [2.05, 4.69) is 42.4 Å². The Balaban J connectivity index is 1.63. The minimum atomic E-state index is -0.136. The molecule has 1 saturated heterocycles. The summed E-state index contributed by atoms with van der Waals surface area (Å²) in [6.07, 6.45) is 1.38. The number of thiophene rings is 1. The van der Waals surface area contributed by atoms with Crippen molar-refractivity contribution in [3.63, 3.8) is 0 Å². The molecule has 0 bridgehead atoms. The van der Waals surface area contributed by atoms with Crippen molar-refractivity contribution in [1.82, 2.24) is 15.0 Å². The SMILES string of the molecule is CC(C)(C)c1noc([C@H]2CC(=O)N(CCc3cccs3)C2)n1. The maximum atomic E-state index is 12.2. The van der Waals surface area contributed by atoms with Gasteiger partial charge >= 0.3 is 0 Å². The maximum Gasteiger partial charge on any atom is 0.232 e. The van der Waals surface area contributed by atoms with Gasteiger partial charge in [-0.15, -0.1) is 11.3 Å². The molecule has 0 spiro atoms. The van der Waals surface area contributed by atoms with Gasteiger partial charge in [0.05, 0.1) is 5.92 Å². The van der Waals surface area contributed by atoms with E-state index in [0.29, 0.717) is 24.7 Å². The van der Waals surface area contributed by atoms with Gasteiger partial charge in [0.25, 0.3) is 0 Å². The van der Waals surface area contributed by atoms with E-state index in [1.165, 1.54) is 4.88 Å². The summed E-state index contributed by atoms with van der Waals surface area (Å²) in [7, 11) is 0. The molecular weight excluding hydrogens is 298 g/mol. The van der Waals surface area contributed by atoms with Gasteiger partial charge in [0.15, 0.2) is 5.82 Å². The Labute approximate surface area is 134 Å². The van der Waals surface area contributed by atoms with E-state index in [1.54, 1.807) is 11.3 Å². The highest BCUT2D eigenvalue weighted by atomic mass is 32.1. The van der Waals surface area contributed by atoms with Crippen LogP contribution < -0.4 is 0 Å². The normalized spacial score (nSPS) is 19.1. The molecule has 1 amide bonds. The largest absolute Gasteiger partial charge is 0.342 e. The molecule has 5 nitrogen and oxygen atoms in total. The zero-order chi connectivity index (χ0) is 15.7. The summed E-state index contributed by atoms with van der Waals surface area (Å²) in [6.45, 7) is 7.59. The lowest BCUT2D eigenvalue weighted by atomic mass is 9.96. The predicted molar refractivity (Wildman–Crippen MR) is 85.0 cm³/mol. The highest BCUT2D eigenvalue weighted by molar-refractivity contribution is 7.09. The minimum Gasteiger partial charge on any atom is -0.342 e. The van der Waals surface area contributed by atoms with Crippen LogP contribution in [0.1, 0.15) is 49.7 Å². The van der Waals surface area contributed by atoms with Crippen LogP contribution >= 0.6 is 11.3 Å². The van der Waals surface area contributed by atoms with Gasteiger partial charge in [0.1, 0.15) is 0 Å². The Morgan fingerprint density at radius 1 is 1.45 bits per heavy atom. The summed E-state index contributed by atoms with van der Waals surface area (Å²) in [5.74, 6) is 1.50. The fraction of sp³-hybridized carbons (Fsp3) is 0.562. The van der Waals surface area contributed by atoms with Gasteiger partial charge in [0, 0.05) is 29.8 Å². The molecule has 0 aliphatic carbocycles. The van der Waals surface area contributed by atoms with Crippen LogP contribution in [0.25, 0.3) is 0 Å². The number of carbonyl (C=O) groups excluding carboxylic acids is 1. The van der Waals surface area contributed by atoms with Crippen LogP contribution in [0.15, 0.2) is 22.0 Å². The van der Waals surface area contributed by atoms with E-state index >= 15 is 0 Å². The fourth-order valence-corrected chi connectivity index (χ4v) is 3.26. The van der Waals surface area contributed by atoms with Gasteiger partial charge in [0.2, 0.25) is 11.8 Å². The van der Waals surface area contributed by atoms with Crippen molar-refractivity contribution in [3.05, 3.63) is 34.1 Å². The lowest BCUT2D eigenvalue weighted by molar-refractivity contribution is -0.127. The molecule has 118 valence electrons. The summed E-state index contributed by atoms with van der Waals surface area (Å²) in [5, 5.41) is 6.12. The maximum absolute atomic E-state index is 12.2. The Kier molecular flexibility index (Phi) is 4.04. The van der Waals surface area contributed by atoms with Crippen molar-refractivity contribution in [1.29, 1.82) is 0 Å². The highest BCUT2D eigenvalue weighted by Crippen LogP contribution is 2.29. The number of amides is 1. The number of nitrogens with zero attached hydrogens (tertiary/aromatic N) is 3. The number of likely N-dealkylation sites (tertiary alicyclic amines) is 1. The molecule has 3 heterocycles. The van der Waals surface area contributed by atoms with Crippen LogP contribution in [0.3, 0.4) is 0 Å². The van der Waals surface area contributed by atoms with Crippen molar-refractivity contribution >= 4 is 17.2 Å². The van der Waals surface area contributed by atoms with Crippen molar-refractivity contribution in [2.75, 3.05) is 13.1 Å². The van der Waals surface area contributed by atoms with Gasteiger partial charge in [-0.1, -0.05) is 32.0 Å². The zero-order valence-electron chi connectivity index (χ0n) is 13.2. The molecule has 1 aliphatic heterocycles. The van der Waals surface area contributed by atoms with E-state index in [9.17, 15) is 4.79 Å². The Bertz CT molecular complexity index is 643. The van der Waals surface area contributed by atoms with Crippen molar-refractivity contribution in [2.24, 2.45) is 0 Å². The topological polar surface area (TPSA) is 59.2 Å². The Morgan fingerprint density at radius 3 is 2.91 bits per heavy atom. The lowest BCUT2D eigenvalue weighted by Crippen LogP contribution is -2.27. The van der Waals surface area contributed by atoms with Crippen LogP contribution in [0.5, 0.6) is 0 Å². The number of rotatable bonds is 4. The first kappa shape index (κ1) is 15.2. The van der Waals surface area contributed by atoms with Crippen molar-refractivity contribution < 1.29 is 9.32 Å². The number of carbonyl (C=O) groups is 1. The Morgan fingerprint density at radius 2 is 2.27 bits per heavy atom. The molecule has 0 radical (unpaired) electrons. The van der Waals surface area contributed by atoms with Crippen molar-refractivity contribution in [2.45, 2.75) is 44.9 Å². The van der Waals surface area contributed by atoms with Gasteiger partial charge in [-0.3, -0.25) is 4.79 Å². The predicted octanol–water partition coefficient (Wildman–Crippen LogP) is 2.99. The second kappa shape index (κ2) is 5.83.